The summed E-state index contributed by atoms with van der Waals surface area (Å²) in [6.07, 6.45) is 4.95. The number of amides is 1. The van der Waals surface area contributed by atoms with E-state index < -0.39 is 0 Å². The Morgan fingerprint density at radius 1 is 1.04 bits per heavy atom. The number of nitrogens with one attached hydrogen (secondary N) is 2. The molecule has 2 atom stereocenters. The molecule has 2 N–H and O–H groups in total. The van der Waals surface area contributed by atoms with Crippen LogP contribution >= 0.6 is 0 Å². The minimum Gasteiger partial charge on any atom is -0.455 e. The minimum atomic E-state index is -0.0399. The first-order chi connectivity index (χ1) is 12.2. The Hall–Kier alpha value is -2.33. The van der Waals surface area contributed by atoms with Crippen LogP contribution in [0.15, 0.2) is 54.6 Å². The van der Waals surface area contributed by atoms with Gasteiger partial charge >= 0.3 is 0 Å². The third kappa shape index (κ3) is 5.07. The lowest BCUT2D eigenvalue weighted by Gasteiger charge is -2.29. The van der Waals surface area contributed by atoms with Gasteiger partial charge in [-0.15, -0.1) is 0 Å². The zero-order valence-corrected chi connectivity index (χ0v) is 14.7. The maximum atomic E-state index is 12.3. The van der Waals surface area contributed by atoms with Crippen molar-refractivity contribution in [2.75, 3.05) is 11.9 Å². The monoisotopic (exact) mass is 338 g/mol. The Kier molecular flexibility index (Phi) is 6.07. The van der Waals surface area contributed by atoms with Gasteiger partial charge in [0.25, 0.3) is 0 Å². The van der Waals surface area contributed by atoms with Gasteiger partial charge in [0.1, 0.15) is 5.75 Å². The second kappa shape index (κ2) is 8.67. The largest absolute Gasteiger partial charge is 0.455 e. The van der Waals surface area contributed by atoms with Gasteiger partial charge < -0.3 is 15.4 Å². The summed E-state index contributed by atoms with van der Waals surface area (Å²) in [5.41, 5.74) is 0.690. The average molecular weight is 338 g/mol. The summed E-state index contributed by atoms with van der Waals surface area (Å²) in [6, 6.07) is 17.5. The van der Waals surface area contributed by atoms with Crippen molar-refractivity contribution in [2.24, 2.45) is 5.92 Å². The highest BCUT2D eigenvalue weighted by atomic mass is 16.5. The number of hydrogen-bond acceptors (Lipinski definition) is 3. The van der Waals surface area contributed by atoms with E-state index in [0.29, 0.717) is 29.9 Å². The van der Waals surface area contributed by atoms with Crippen LogP contribution in [0.2, 0.25) is 0 Å². The van der Waals surface area contributed by atoms with E-state index in [4.69, 9.17) is 4.74 Å². The summed E-state index contributed by atoms with van der Waals surface area (Å²) in [7, 11) is 0. The van der Waals surface area contributed by atoms with Crippen molar-refractivity contribution >= 4 is 11.6 Å². The van der Waals surface area contributed by atoms with Crippen molar-refractivity contribution in [3.8, 4) is 11.5 Å². The van der Waals surface area contributed by atoms with Gasteiger partial charge in [-0.05, 0) is 43.0 Å². The molecule has 0 saturated heterocycles. The van der Waals surface area contributed by atoms with Crippen molar-refractivity contribution in [2.45, 2.75) is 38.6 Å². The van der Waals surface area contributed by atoms with E-state index in [1.165, 1.54) is 19.3 Å². The first kappa shape index (κ1) is 17.5. The molecule has 1 fully saturated rings. The number of carbonyl (C=O) groups is 1. The molecule has 4 nitrogen and oxygen atoms in total. The van der Waals surface area contributed by atoms with Crippen LogP contribution in [0, 0.1) is 5.92 Å². The molecule has 4 heteroatoms. The molecule has 0 spiro atoms. The Balaban J connectivity index is 1.57. The molecular weight excluding hydrogens is 312 g/mol. The van der Waals surface area contributed by atoms with E-state index >= 15 is 0 Å². The van der Waals surface area contributed by atoms with E-state index in [9.17, 15) is 4.79 Å². The number of anilines is 1. The summed E-state index contributed by atoms with van der Waals surface area (Å²) < 4.78 is 5.89. The SMILES string of the molecule is C[C@H]1CCCC[C@@H]1NCC(=O)Nc1ccccc1Oc1ccccc1. The summed E-state index contributed by atoms with van der Waals surface area (Å²) in [5.74, 6) is 1.99. The van der Waals surface area contributed by atoms with Gasteiger partial charge in [0.05, 0.1) is 12.2 Å². The van der Waals surface area contributed by atoms with Gasteiger partial charge in [-0.3, -0.25) is 4.79 Å². The molecule has 0 bridgehead atoms. The molecule has 0 aliphatic heterocycles. The van der Waals surface area contributed by atoms with Crippen LogP contribution < -0.4 is 15.4 Å². The molecule has 3 rings (SSSR count). The van der Waals surface area contributed by atoms with Gasteiger partial charge in [-0.1, -0.05) is 50.1 Å². The van der Waals surface area contributed by atoms with E-state index in [2.05, 4.69) is 17.6 Å². The third-order valence-corrected chi connectivity index (χ3v) is 4.77. The first-order valence-electron chi connectivity index (χ1n) is 9.07. The van der Waals surface area contributed by atoms with Crippen LogP contribution in [0.1, 0.15) is 32.6 Å². The smallest absolute Gasteiger partial charge is 0.238 e. The normalized spacial score (nSPS) is 20.0. The summed E-state index contributed by atoms with van der Waals surface area (Å²) in [4.78, 5) is 12.3. The van der Waals surface area contributed by atoms with Gasteiger partial charge in [0, 0.05) is 6.04 Å². The van der Waals surface area contributed by atoms with Crippen molar-refractivity contribution in [1.82, 2.24) is 5.32 Å². The van der Waals surface area contributed by atoms with E-state index in [-0.39, 0.29) is 5.91 Å². The molecule has 25 heavy (non-hydrogen) atoms. The number of rotatable bonds is 6. The molecule has 1 amide bonds. The molecule has 2 aromatic rings. The Bertz CT molecular complexity index is 687. The zero-order chi connectivity index (χ0) is 17.5. The number of para-hydroxylation sites is 3. The van der Waals surface area contributed by atoms with Crippen LogP contribution in [0.3, 0.4) is 0 Å². The fraction of sp³-hybridized carbons (Fsp3) is 0.381. The molecule has 1 aliphatic carbocycles. The van der Waals surface area contributed by atoms with Crippen LogP contribution in [0.4, 0.5) is 5.69 Å². The summed E-state index contributed by atoms with van der Waals surface area (Å²) in [5, 5.41) is 6.37. The Morgan fingerprint density at radius 3 is 2.56 bits per heavy atom. The molecule has 0 unspecified atom stereocenters. The number of benzene rings is 2. The second-order valence-electron chi connectivity index (χ2n) is 6.71. The Labute approximate surface area is 149 Å². The maximum absolute atomic E-state index is 12.3. The van der Waals surface area contributed by atoms with E-state index in [1.54, 1.807) is 0 Å². The van der Waals surface area contributed by atoms with Crippen LogP contribution in [-0.4, -0.2) is 18.5 Å². The van der Waals surface area contributed by atoms with Gasteiger partial charge in [0.2, 0.25) is 5.91 Å². The standard InChI is InChI=1S/C21H26N2O2/c1-16-9-5-6-12-18(16)22-15-21(24)23-19-13-7-8-14-20(19)25-17-10-3-2-4-11-17/h2-4,7-8,10-11,13-14,16,18,22H,5-6,9,12,15H2,1H3,(H,23,24)/t16-,18-/m0/s1. The van der Waals surface area contributed by atoms with Crippen molar-refractivity contribution in [3.63, 3.8) is 0 Å². The summed E-state index contributed by atoms with van der Waals surface area (Å²) >= 11 is 0. The molecule has 1 aliphatic rings. The predicted octanol–water partition coefficient (Wildman–Crippen LogP) is 4.59. The molecule has 1 saturated carbocycles. The maximum Gasteiger partial charge on any atom is 0.238 e. The fourth-order valence-electron chi connectivity index (χ4n) is 3.31. The van der Waals surface area contributed by atoms with Crippen molar-refractivity contribution < 1.29 is 9.53 Å². The van der Waals surface area contributed by atoms with Crippen LogP contribution in [0.25, 0.3) is 0 Å². The quantitative estimate of drug-likeness (QED) is 0.810. The lowest BCUT2D eigenvalue weighted by atomic mass is 9.86. The van der Waals surface area contributed by atoms with Gasteiger partial charge in [-0.25, -0.2) is 0 Å². The lowest BCUT2D eigenvalue weighted by molar-refractivity contribution is -0.115. The number of ether oxygens (including phenoxy) is 1. The topological polar surface area (TPSA) is 50.4 Å². The van der Waals surface area contributed by atoms with Crippen LogP contribution in [0.5, 0.6) is 11.5 Å². The highest BCUT2D eigenvalue weighted by Gasteiger charge is 2.21. The third-order valence-electron chi connectivity index (χ3n) is 4.77. The highest BCUT2D eigenvalue weighted by Crippen LogP contribution is 2.29. The minimum absolute atomic E-state index is 0.0399. The second-order valence-corrected chi connectivity index (χ2v) is 6.71. The highest BCUT2D eigenvalue weighted by molar-refractivity contribution is 5.93. The van der Waals surface area contributed by atoms with Crippen LogP contribution in [-0.2, 0) is 4.79 Å². The molecule has 2 aromatic carbocycles. The molecule has 0 aromatic heterocycles. The van der Waals surface area contributed by atoms with Crippen molar-refractivity contribution in [1.29, 1.82) is 0 Å². The molecule has 0 radical (unpaired) electrons. The lowest BCUT2D eigenvalue weighted by Crippen LogP contribution is -2.41. The number of carbonyl (C=O) groups excluding carboxylic acids is 1. The molecule has 132 valence electrons. The first-order valence-corrected chi connectivity index (χ1v) is 9.07. The average Bonchev–Trinajstić information content (AvgIpc) is 2.64. The molecule has 0 heterocycles. The van der Waals surface area contributed by atoms with Gasteiger partial charge in [-0.2, -0.15) is 0 Å². The van der Waals surface area contributed by atoms with Crippen molar-refractivity contribution in [3.05, 3.63) is 54.6 Å². The Morgan fingerprint density at radius 2 is 1.76 bits per heavy atom. The molecular formula is C21H26N2O2. The summed E-state index contributed by atoms with van der Waals surface area (Å²) in [6.45, 7) is 2.59. The predicted molar refractivity (Wildman–Crippen MR) is 101 cm³/mol. The number of hydrogen-bond donors (Lipinski definition) is 2. The van der Waals surface area contributed by atoms with Gasteiger partial charge in [0.15, 0.2) is 5.75 Å². The fourth-order valence-corrected chi connectivity index (χ4v) is 3.31. The van der Waals surface area contributed by atoms with E-state index in [0.717, 1.165) is 12.2 Å². The van der Waals surface area contributed by atoms with E-state index in [1.807, 2.05) is 54.6 Å². The zero-order valence-electron chi connectivity index (χ0n) is 14.7.